The third-order valence-electron chi connectivity index (χ3n) is 2.57. The molecule has 0 N–H and O–H groups in total. The molecule has 90 valence electrons. The zero-order valence-corrected chi connectivity index (χ0v) is 12.1. The van der Waals surface area contributed by atoms with Crippen molar-refractivity contribution in [1.82, 2.24) is 0 Å². The molecule has 2 aromatic carbocycles. The summed E-state index contributed by atoms with van der Waals surface area (Å²) < 4.78 is 1.15. The average molecular weight is 291 g/mol. The predicted molar refractivity (Wildman–Crippen MR) is 79.3 cm³/mol. The van der Waals surface area contributed by atoms with Gasteiger partial charge in [0.1, 0.15) is 0 Å². The van der Waals surface area contributed by atoms with Crippen LogP contribution < -0.4 is 0 Å². The fourth-order valence-corrected chi connectivity index (χ4v) is 1.70. The monoisotopic (exact) mass is 290 g/mol. The Morgan fingerprint density at radius 1 is 0.706 bits per heavy atom. The van der Waals surface area contributed by atoms with E-state index in [1.165, 1.54) is 11.1 Å². The molecule has 2 rings (SSSR count). The van der Waals surface area contributed by atoms with Gasteiger partial charge in [0.15, 0.2) is 0 Å². The number of rotatable bonds is 2. The topological polar surface area (TPSA) is 0 Å². The van der Waals surface area contributed by atoms with E-state index >= 15 is 0 Å². The van der Waals surface area contributed by atoms with Gasteiger partial charge in [0.2, 0.25) is 0 Å². The van der Waals surface area contributed by atoms with Gasteiger partial charge in [0.05, 0.1) is 0 Å². The van der Waals surface area contributed by atoms with E-state index in [0.29, 0.717) is 0 Å². The van der Waals surface area contributed by atoms with Crippen molar-refractivity contribution in [3.05, 3.63) is 70.2 Å². The highest BCUT2D eigenvalue weighted by Crippen LogP contribution is 2.10. The number of hydrogen-bond donors (Lipinski definition) is 0. The summed E-state index contributed by atoms with van der Waals surface area (Å²) in [5.41, 5.74) is 2.80. The van der Waals surface area contributed by atoms with E-state index in [-0.39, 0.29) is 0 Å². The summed E-state index contributed by atoms with van der Waals surface area (Å²) in [6, 6.07) is 18.8. The lowest BCUT2D eigenvalue weighted by atomic mass is 10.2. The van der Waals surface area contributed by atoms with Crippen LogP contribution in [0.25, 0.3) is 0 Å². The molecular weight excluding hydrogens is 272 g/mol. The van der Waals surface area contributed by atoms with E-state index in [1.54, 1.807) is 0 Å². The van der Waals surface area contributed by atoms with Crippen molar-refractivity contribution in [1.29, 1.82) is 0 Å². The molecule has 0 fully saturated rings. The van der Waals surface area contributed by atoms with Crippen molar-refractivity contribution in [2.45, 2.75) is 26.7 Å². The maximum atomic E-state index is 3.37. The number of benzene rings is 2. The van der Waals surface area contributed by atoms with Gasteiger partial charge in [-0.2, -0.15) is 0 Å². The van der Waals surface area contributed by atoms with Crippen LogP contribution in [0.15, 0.2) is 59.1 Å². The molecule has 2 aromatic rings. The zero-order chi connectivity index (χ0) is 12.5. The van der Waals surface area contributed by atoms with Crippen LogP contribution in [0, 0.1) is 0 Å². The van der Waals surface area contributed by atoms with Crippen molar-refractivity contribution in [2.24, 2.45) is 0 Å². The molecule has 1 heteroatoms. The molecule has 0 unspecified atom stereocenters. The van der Waals surface area contributed by atoms with Crippen molar-refractivity contribution in [2.75, 3.05) is 0 Å². The van der Waals surface area contributed by atoms with E-state index in [1.807, 2.05) is 6.07 Å². The second kappa shape index (κ2) is 8.08. The third-order valence-corrected chi connectivity index (χ3v) is 3.10. The molecule has 0 aliphatic carbocycles. The largest absolute Gasteiger partial charge is 0.0622 e. The molecule has 17 heavy (non-hydrogen) atoms. The van der Waals surface area contributed by atoms with Gasteiger partial charge in [-0.05, 0) is 36.1 Å². The Balaban J connectivity index is 0.000000171. The van der Waals surface area contributed by atoms with Crippen LogP contribution >= 0.6 is 15.9 Å². The maximum absolute atomic E-state index is 3.37. The van der Waals surface area contributed by atoms with Gasteiger partial charge in [0, 0.05) is 4.47 Å². The summed E-state index contributed by atoms with van der Waals surface area (Å²) >= 11 is 3.37. The van der Waals surface area contributed by atoms with Crippen LogP contribution in [-0.4, -0.2) is 0 Å². The van der Waals surface area contributed by atoms with Gasteiger partial charge in [-0.25, -0.2) is 0 Å². The van der Waals surface area contributed by atoms with E-state index in [2.05, 4.69) is 78.3 Å². The molecule has 0 saturated carbocycles. The molecule has 0 atom stereocenters. The molecular formula is C16H19Br. The second-order valence-electron chi connectivity index (χ2n) is 3.82. The minimum atomic E-state index is 1.12. The number of hydrogen-bond acceptors (Lipinski definition) is 0. The standard InChI is InChI=1S/C8H9Br.C8H10/c1-2-7-3-5-8(9)6-4-7;1-2-8-6-4-3-5-7-8/h3-6H,2H2,1H3;3-7H,2H2,1H3. The van der Waals surface area contributed by atoms with E-state index < -0.39 is 0 Å². The van der Waals surface area contributed by atoms with Crippen LogP contribution in [0.4, 0.5) is 0 Å². The number of aryl methyl sites for hydroxylation is 2. The summed E-state index contributed by atoms with van der Waals surface area (Å²) in [4.78, 5) is 0. The predicted octanol–water partition coefficient (Wildman–Crippen LogP) is 5.26. The van der Waals surface area contributed by atoms with Gasteiger partial charge >= 0.3 is 0 Å². The molecule has 0 aliphatic rings. The maximum Gasteiger partial charge on any atom is 0.0175 e. The third kappa shape index (κ3) is 5.69. The first-order chi connectivity index (χ1) is 8.26. The van der Waals surface area contributed by atoms with Crippen LogP contribution in [0.1, 0.15) is 25.0 Å². The molecule has 0 saturated heterocycles. The Morgan fingerprint density at radius 3 is 1.59 bits per heavy atom. The molecule has 0 aromatic heterocycles. The van der Waals surface area contributed by atoms with Crippen molar-refractivity contribution in [3.8, 4) is 0 Å². The van der Waals surface area contributed by atoms with Gasteiger partial charge in [-0.1, -0.05) is 72.2 Å². The Kier molecular flexibility index (Phi) is 6.64. The van der Waals surface area contributed by atoms with Crippen molar-refractivity contribution < 1.29 is 0 Å². The molecule has 0 heterocycles. The van der Waals surface area contributed by atoms with Gasteiger partial charge in [-0.15, -0.1) is 0 Å². The molecule has 0 amide bonds. The summed E-state index contributed by atoms with van der Waals surface area (Å²) in [6.07, 6.45) is 2.26. The Labute approximate surface area is 113 Å². The first-order valence-electron chi connectivity index (χ1n) is 6.04. The van der Waals surface area contributed by atoms with Gasteiger partial charge in [-0.3, -0.25) is 0 Å². The zero-order valence-electron chi connectivity index (χ0n) is 10.5. The normalized spacial score (nSPS) is 9.35. The smallest absolute Gasteiger partial charge is 0.0175 e. The fraction of sp³-hybridized carbons (Fsp3) is 0.250. The van der Waals surface area contributed by atoms with Crippen molar-refractivity contribution >= 4 is 15.9 Å². The summed E-state index contributed by atoms with van der Waals surface area (Å²) in [5, 5.41) is 0. The fourth-order valence-electron chi connectivity index (χ4n) is 1.43. The van der Waals surface area contributed by atoms with Crippen molar-refractivity contribution in [3.63, 3.8) is 0 Å². The van der Waals surface area contributed by atoms with Crippen LogP contribution in [-0.2, 0) is 12.8 Å². The van der Waals surface area contributed by atoms with E-state index in [9.17, 15) is 0 Å². The summed E-state index contributed by atoms with van der Waals surface area (Å²) in [7, 11) is 0. The lowest BCUT2D eigenvalue weighted by Crippen LogP contribution is -1.75. The molecule has 0 nitrogen and oxygen atoms in total. The average Bonchev–Trinajstić information content (AvgIpc) is 2.41. The summed E-state index contributed by atoms with van der Waals surface area (Å²) in [6.45, 7) is 4.32. The van der Waals surface area contributed by atoms with Crippen LogP contribution in [0.5, 0.6) is 0 Å². The lowest BCUT2D eigenvalue weighted by Gasteiger charge is -1.93. The van der Waals surface area contributed by atoms with Crippen LogP contribution in [0.3, 0.4) is 0 Å². The Morgan fingerprint density at radius 2 is 1.18 bits per heavy atom. The van der Waals surface area contributed by atoms with Crippen LogP contribution in [0.2, 0.25) is 0 Å². The highest BCUT2D eigenvalue weighted by molar-refractivity contribution is 9.10. The minimum absolute atomic E-state index is 1.12. The lowest BCUT2D eigenvalue weighted by molar-refractivity contribution is 1.14. The quantitative estimate of drug-likeness (QED) is 0.708. The van der Waals surface area contributed by atoms with Gasteiger partial charge < -0.3 is 0 Å². The number of halogens is 1. The molecule has 0 radical (unpaired) electrons. The highest BCUT2D eigenvalue weighted by atomic mass is 79.9. The first-order valence-corrected chi connectivity index (χ1v) is 6.84. The second-order valence-corrected chi connectivity index (χ2v) is 4.73. The molecule has 0 aliphatic heterocycles. The molecule has 0 bridgehead atoms. The SMILES string of the molecule is CCc1ccc(Br)cc1.CCc1ccccc1. The first kappa shape index (κ1) is 14.0. The highest BCUT2D eigenvalue weighted by Gasteiger charge is 1.86. The van der Waals surface area contributed by atoms with Gasteiger partial charge in [0.25, 0.3) is 0 Å². The molecule has 0 spiro atoms. The van der Waals surface area contributed by atoms with E-state index in [4.69, 9.17) is 0 Å². The minimum Gasteiger partial charge on any atom is -0.0622 e. The van der Waals surface area contributed by atoms with E-state index in [0.717, 1.165) is 17.3 Å². The Bertz CT molecular complexity index is 403. The summed E-state index contributed by atoms with van der Waals surface area (Å²) in [5.74, 6) is 0. The Hall–Kier alpha value is -1.08.